The number of benzene rings is 1. The van der Waals surface area contributed by atoms with Crippen LogP contribution in [0.4, 0.5) is 13.2 Å². The van der Waals surface area contributed by atoms with Crippen LogP contribution in [0.15, 0.2) is 30.5 Å². The predicted octanol–water partition coefficient (Wildman–Crippen LogP) is 3.08. The van der Waals surface area contributed by atoms with Crippen LogP contribution < -0.4 is 15.8 Å². The average Bonchev–Trinajstić information content (AvgIpc) is 3.01. The fourth-order valence-electron chi connectivity index (χ4n) is 3.10. The summed E-state index contributed by atoms with van der Waals surface area (Å²) < 4.78 is 48.1. The van der Waals surface area contributed by atoms with Gasteiger partial charge < -0.3 is 15.6 Å². The molecule has 4 N–H and O–H groups in total. The highest BCUT2D eigenvalue weighted by molar-refractivity contribution is 5.57. The lowest BCUT2D eigenvalue weighted by Crippen LogP contribution is -2.49. The van der Waals surface area contributed by atoms with Crippen molar-refractivity contribution < 1.29 is 23.0 Å². The Morgan fingerprint density at radius 1 is 1.30 bits per heavy atom. The number of nitrogens with one attached hydrogen (secondary N) is 1. The molecule has 0 saturated carbocycles. The van der Waals surface area contributed by atoms with Gasteiger partial charge in [0.2, 0.25) is 0 Å². The van der Waals surface area contributed by atoms with Crippen molar-refractivity contribution in [3.8, 4) is 5.75 Å². The fourth-order valence-corrected chi connectivity index (χ4v) is 3.10. The second kappa shape index (κ2) is 8.63. The topological polar surface area (TPSA) is 84.8 Å². The fraction of sp³-hybridized carbons (Fsp3) is 0.381. The average molecular weight is 422 g/mol. The number of rotatable bonds is 8. The third kappa shape index (κ3) is 4.58. The summed E-state index contributed by atoms with van der Waals surface area (Å²) in [6.07, 6.45) is 0.594. The van der Waals surface area contributed by atoms with Gasteiger partial charge in [-0.1, -0.05) is 6.07 Å². The second-order valence-electron chi connectivity index (χ2n) is 7.72. The number of aliphatic hydroxyl groups is 1. The molecule has 9 heteroatoms. The minimum absolute atomic E-state index is 0.0407. The third-order valence-corrected chi connectivity index (χ3v) is 4.74. The van der Waals surface area contributed by atoms with Crippen LogP contribution in [-0.2, 0) is 6.61 Å². The Morgan fingerprint density at radius 2 is 1.97 bits per heavy atom. The molecular formula is C21H25F3N4O2. The number of hydrogen-bond acceptors (Lipinski definition) is 5. The van der Waals surface area contributed by atoms with Crippen molar-refractivity contribution >= 4 is 5.65 Å². The molecule has 30 heavy (non-hydrogen) atoms. The lowest BCUT2D eigenvalue weighted by Gasteiger charge is -2.23. The van der Waals surface area contributed by atoms with Crippen LogP contribution in [0.1, 0.15) is 35.7 Å². The molecule has 0 bridgehead atoms. The van der Waals surface area contributed by atoms with Gasteiger partial charge in [0.1, 0.15) is 31.1 Å². The first-order valence-electron chi connectivity index (χ1n) is 9.44. The van der Waals surface area contributed by atoms with Gasteiger partial charge in [-0.2, -0.15) is 0 Å². The largest absolute Gasteiger partial charge is 0.485 e. The summed E-state index contributed by atoms with van der Waals surface area (Å²) >= 11 is 0. The molecule has 0 radical (unpaired) electrons. The van der Waals surface area contributed by atoms with E-state index in [9.17, 15) is 18.3 Å². The molecule has 1 aromatic carbocycles. The molecule has 0 saturated heterocycles. The van der Waals surface area contributed by atoms with Crippen molar-refractivity contribution in [2.45, 2.75) is 39.1 Å². The normalized spacial score (nSPS) is 14.7. The molecule has 0 aliphatic heterocycles. The number of aryl methyl sites for hydroxylation is 2. The number of nitrogens with zero attached hydrogens (tertiary/aromatic N) is 2. The summed E-state index contributed by atoms with van der Waals surface area (Å²) in [4.78, 5) is 4.44. The minimum Gasteiger partial charge on any atom is -0.485 e. The highest BCUT2D eigenvalue weighted by atomic mass is 19.1. The molecule has 0 spiro atoms. The lowest BCUT2D eigenvalue weighted by atomic mass is 10.1. The van der Waals surface area contributed by atoms with Crippen molar-refractivity contribution in [3.63, 3.8) is 0 Å². The van der Waals surface area contributed by atoms with Crippen LogP contribution in [0.5, 0.6) is 5.75 Å². The molecule has 0 amide bonds. The van der Waals surface area contributed by atoms with Crippen LogP contribution in [-0.4, -0.2) is 33.2 Å². The molecule has 6 nitrogen and oxygen atoms in total. The van der Waals surface area contributed by atoms with E-state index < -0.39 is 30.1 Å². The van der Waals surface area contributed by atoms with Crippen molar-refractivity contribution in [3.05, 3.63) is 64.6 Å². The molecule has 2 atom stereocenters. The Kier molecular flexibility index (Phi) is 6.35. The number of hydrogen-bond donors (Lipinski definition) is 3. The van der Waals surface area contributed by atoms with Gasteiger partial charge in [0.25, 0.3) is 0 Å². The van der Waals surface area contributed by atoms with E-state index in [1.807, 2.05) is 6.92 Å². The third-order valence-electron chi connectivity index (χ3n) is 4.74. The standard InChI is InChI=1S/C21H25F3N4O2/c1-12-7-17(30-9-14-15(23)5-4-6-16(14)24)19-27-13(2)18(28(19)8-12)20(29)26-11-21(3,25)10-22/h4-8,20,26,29H,9-11,25H2,1-3H3. The Bertz CT molecular complexity index is 1030. The van der Waals surface area contributed by atoms with Crippen molar-refractivity contribution in [2.75, 3.05) is 13.2 Å². The van der Waals surface area contributed by atoms with Gasteiger partial charge in [0.05, 0.1) is 22.5 Å². The van der Waals surface area contributed by atoms with Crippen molar-refractivity contribution in [1.82, 2.24) is 14.7 Å². The van der Waals surface area contributed by atoms with Crippen molar-refractivity contribution in [1.29, 1.82) is 0 Å². The number of aliphatic hydroxyl groups excluding tert-OH is 1. The summed E-state index contributed by atoms with van der Waals surface area (Å²) in [5.74, 6) is -1.08. The molecule has 3 aromatic rings. The molecule has 0 aliphatic rings. The molecule has 162 valence electrons. The maximum absolute atomic E-state index is 13.9. The molecule has 0 aliphatic carbocycles. The number of alkyl halides is 1. The summed E-state index contributed by atoms with van der Waals surface area (Å²) in [7, 11) is 0. The maximum Gasteiger partial charge on any atom is 0.180 e. The number of imidazole rings is 1. The molecule has 0 fully saturated rings. The Labute approximate surface area is 172 Å². The summed E-state index contributed by atoms with van der Waals surface area (Å²) in [6.45, 7) is 4.03. The number of ether oxygens (including phenoxy) is 1. The van der Waals surface area contributed by atoms with E-state index >= 15 is 0 Å². The number of fused-ring (bicyclic) bond motifs is 1. The van der Waals surface area contributed by atoms with E-state index in [1.54, 1.807) is 23.6 Å². The predicted molar refractivity (Wildman–Crippen MR) is 107 cm³/mol. The van der Waals surface area contributed by atoms with Gasteiger partial charge >= 0.3 is 0 Å². The molecule has 2 unspecified atom stereocenters. The highest BCUT2D eigenvalue weighted by Gasteiger charge is 2.24. The van der Waals surface area contributed by atoms with E-state index in [4.69, 9.17) is 10.5 Å². The number of pyridine rings is 1. The van der Waals surface area contributed by atoms with Gasteiger partial charge in [-0.05, 0) is 44.5 Å². The first-order chi connectivity index (χ1) is 14.1. The smallest absolute Gasteiger partial charge is 0.180 e. The van der Waals surface area contributed by atoms with E-state index in [0.717, 1.165) is 17.7 Å². The van der Waals surface area contributed by atoms with Gasteiger partial charge in [-0.25, -0.2) is 18.2 Å². The minimum atomic E-state index is -1.16. The zero-order valence-corrected chi connectivity index (χ0v) is 17.0. The van der Waals surface area contributed by atoms with Gasteiger partial charge in [-0.3, -0.25) is 9.72 Å². The number of aromatic nitrogens is 2. The van der Waals surface area contributed by atoms with E-state index in [-0.39, 0.29) is 18.7 Å². The molecule has 2 heterocycles. The van der Waals surface area contributed by atoms with Crippen molar-refractivity contribution in [2.24, 2.45) is 5.73 Å². The van der Waals surface area contributed by atoms with Crippen LogP contribution in [0, 0.1) is 25.5 Å². The SMILES string of the molecule is Cc1cc(OCc2c(F)cccc2F)c2nc(C)c(C(O)NCC(C)(N)CF)n2c1. The molecular weight excluding hydrogens is 397 g/mol. The maximum atomic E-state index is 13.9. The van der Waals surface area contributed by atoms with Gasteiger partial charge in [0, 0.05) is 12.7 Å². The van der Waals surface area contributed by atoms with E-state index in [0.29, 0.717) is 22.8 Å². The second-order valence-corrected chi connectivity index (χ2v) is 7.72. The molecule has 2 aromatic heterocycles. The van der Waals surface area contributed by atoms with Crippen LogP contribution in [0.2, 0.25) is 0 Å². The highest BCUT2D eigenvalue weighted by Crippen LogP contribution is 2.28. The monoisotopic (exact) mass is 422 g/mol. The Morgan fingerprint density at radius 3 is 2.60 bits per heavy atom. The summed E-state index contributed by atoms with van der Waals surface area (Å²) in [5.41, 5.74) is 6.59. The van der Waals surface area contributed by atoms with E-state index in [2.05, 4.69) is 10.3 Å². The Balaban J connectivity index is 1.92. The first-order valence-corrected chi connectivity index (χ1v) is 9.44. The Hall–Kier alpha value is -2.62. The first kappa shape index (κ1) is 22.1. The zero-order valence-electron chi connectivity index (χ0n) is 17.0. The van der Waals surface area contributed by atoms with E-state index in [1.165, 1.54) is 13.0 Å². The quantitative estimate of drug-likeness (QED) is 0.486. The molecule has 3 rings (SSSR count). The van der Waals surface area contributed by atoms with Gasteiger partial charge in [-0.15, -0.1) is 0 Å². The van der Waals surface area contributed by atoms with Gasteiger partial charge in [0.15, 0.2) is 11.4 Å². The zero-order chi connectivity index (χ0) is 22.1. The number of nitrogens with two attached hydrogens (primary N) is 1. The number of halogens is 3. The van der Waals surface area contributed by atoms with Crippen LogP contribution >= 0.6 is 0 Å². The van der Waals surface area contributed by atoms with Crippen LogP contribution in [0.3, 0.4) is 0 Å². The summed E-state index contributed by atoms with van der Waals surface area (Å²) in [6, 6.07) is 5.31. The summed E-state index contributed by atoms with van der Waals surface area (Å²) in [5, 5.41) is 13.4. The van der Waals surface area contributed by atoms with Crippen LogP contribution in [0.25, 0.3) is 5.65 Å². The lowest BCUT2D eigenvalue weighted by molar-refractivity contribution is 0.121.